The van der Waals surface area contributed by atoms with E-state index in [0.717, 1.165) is 16.6 Å². The zero-order chi connectivity index (χ0) is 15.5. The van der Waals surface area contributed by atoms with Crippen LogP contribution in [0.2, 0.25) is 0 Å². The molecule has 0 unspecified atom stereocenters. The molecule has 3 aromatic rings. The van der Waals surface area contributed by atoms with E-state index in [-0.39, 0.29) is 5.91 Å². The maximum Gasteiger partial charge on any atom is 0.255 e. The lowest BCUT2D eigenvalue weighted by molar-refractivity contribution is 0.102. The van der Waals surface area contributed by atoms with E-state index < -0.39 is 0 Å². The smallest absolute Gasteiger partial charge is 0.255 e. The lowest BCUT2D eigenvalue weighted by Crippen LogP contribution is -2.12. The predicted octanol–water partition coefficient (Wildman–Crippen LogP) is 3.67. The van der Waals surface area contributed by atoms with Crippen LogP contribution in [0.3, 0.4) is 0 Å². The zero-order valence-electron chi connectivity index (χ0n) is 12.0. The molecule has 0 spiro atoms. The lowest BCUT2D eigenvalue weighted by atomic mass is 10.1. The topological polar surface area (TPSA) is 65.8 Å². The number of pyridine rings is 1. The number of nitriles is 1. The third-order valence-corrected chi connectivity index (χ3v) is 3.38. The second kappa shape index (κ2) is 5.66. The summed E-state index contributed by atoms with van der Waals surface area (Å²) in [5, 5.41) is 12.6. The molecule has 106 valence electrons. The predicted molar refractivity (Wildman–Crippen MR) is 85.6 cm³/mol. The monoisotopic (exact) mass is 287 g/mol. The highest BCUT2D eigenvalue weighted by molar-refractivity contribution is 6.08. The number of carbonyl (C=O) groups excluding carboxylic acids is 1. The van der Waals surface area contributed by atoms with Gasteiger partial charge >= 0.3 is 0 Å². The van der Waals surface area contributed by atoms with Gasteiger partial charge in [0.25, 0.3) is 5.91 Å². The van der Waals surface area contributed by atoms with Gasteiger partial charge in [0.2, 0.25) is 0 Å². The van der Waals surface area contributed by atoms with Crippen LogP contribution in [0.1, 0.15) is 21.6 Å². The number of aryl methyl sites for hydroxylation is 1. The van der Waals surface area contributed by atoms with E-state index in [0.29, 0.717) is 16.8 Å². The summed E-state index contributed by atoms with van der Waals surface area (Å²) >= 11 is 0. The standard InChI is InChI=1S/C18H13N3O/c1-12-5-8-14-3-2-4-16(17(14)20-12)21-18(22)15-9-6-13(11-19)7-10-15/h2-10H,1H3,(H,21,22). The average Bonchev–Trinajstić information content (AvgIpc) is 2.55. The molecule has 4 heteroatoms. The summed E-state index contributed by atoms with van der Waals surface area (Å²) in [6.07, 6.45) is 0. The Balaban J connectivity index is 1.93. The van der Waals surface area contributed by atoms with E-state index >= 15 is 0 Å². The van der Waals surface area contributed by atoms with E-state index in [1.54, 1.807) is 24.3 Å². The molecule has 0 saturated carbocycles. The number of anilines is 1. The zero-order valence-corrected chi connectivity index (χ0v) is 12.0. The fourth-order valence-electron chi connectivity index (χ4n) is 2.24. The van der Waals surface area contributed by atoms with Gasteiger partial charge in [-0.15, -0.1) is 0 Å². The van der Waals surface area contributed by atoms with Crippen molar-refractivity contribution in [1.29, 1.82) is 5.26 Å². The number of rotatable bonds is 2. The molecule has 0 atom stereocenters. The van der Waals surface area contributed by atoms with Gasteiger partial charge in [-0.05, 0) is 43.3 Å². The fraction of sp³-hybridized carbons (Fsp3) is 0.0556. The van der Waals surface area contributed by atoms with Crippen molar-refractivity contribution in [1.82, 2.24) is 4.98 Å². The SMILES string of the molecule is Cc1ccc2cccc(NC(=O)c3ccc(C#N)cc3)c2n1. The number of carbonyl (C=O) groups is 1. The molecule has 1 aromatic heterocycles. The Morgan fingerprint density at radius 3 is 2.59 bits per heavy atom. The Morgan fingerprint density at radius 1 is 1.09 bits per heavy atom. The average molecular weight is 287 g/mol. The lowest BCUT2D eigenvalue weighted by Gasteiger charge is -2.09. The molecule has 0 aliphatic rings. The Morgan fingerprint density at radius 2 is 1.86 bits per heavy atom. The number of aromatic nitrogens is 1. The number of amides is 1. The minimum Gasteiger partial charge on any atom is -0.320 e. The van der Waals surface area contributed by atoms with Crippen molar-refractivity contribution in [3.63, 3.8) is 0 Å². The van der Waals surface area contributed by atoms with Crippen molar-refractivity contribution in [2.24, 2.45) is 0 Å². The highest BCUT2D eigenvalue weighted by atomic mass is 16.1. The molecule has 4 nitrogen and oxygen atoms in total. The fourth-order valence-corrected chi connectivity index (χ4v) is 2.24. The molecule has 0 bridgehead atoms. The van der Waals surface area contributed by atoms with E-state index in [4.69, 9.17) is 5.26 Å². The van der Waals surface area contributed by atoms with Crippen molar-refractivity contribution in [3.05, 3.63) is 71.4 Å². The Labute approximate surface area is 128 Å². The summed E-state index contributed by atoms with van der Waals surface area (Å²) in [6.45, 7) is 1.92. The van der Waals surface area contributed by atoms with Crippen molar-refractivity contribution < 1.29 is 4.79 Å². The van der Waals surface area contributed by atoms with Crippen molar-refractivity contribution in [2.45, 2.75) is 6.92 Å². The Bertz CT molecular complexity index is 892. The first kappa shape index (κ1) is 13.8. The van der Waals surface area contributed by atoms with E-state index in [2.05, 4.69) is 10.3 Å². The second-order valence-corrected chi connectivity index (χ2v) is 4.97. The largest absolute Gasteiger partial charge is 0.320 e. The van der Waals surface area contributed by atoms with E-state index in [1.807, 2.05) is 43.3 Å². The quantitative estimate of drug-likeness (QED) is 0.782. The summed E-state index contributed by atoms with van der Waals surface area (Å²) in [5.74, 6) is -0.222. The Kier molecular flexibility index (Phi) is 3.55. The second-order valence-electron chi connectivity index (χ2n) is 4.97. The molecule has 0 aliphatic carbocycles. The normalized spacial score (nSPS) is 10.2. The maximum atomic E-state index is 12.3. The molecule has 1 N–H and O–H groups in total. The number of benzene rings is 2. The number of nitrogens with one attached hydrogen (secondary N) is 1. The van der Waals surface area contributed by atoms with Crippen LogP contribution in [0.25, 0.3) is 10.9 Å². The van der Waals surface area contributed by atoms with Gasteiger partial charge in [-0.25, -0.2) is 0 Å². The maximum absolute atomic E-state index is 12.3. The molecule has 0 fully saturated rings. The van der Waals surface area contributed by atoms with Crippen LogP contribution in [-0.2, 0) is 0 Å². The van der Waals surface area contributed by atoms with Crippen LogP contribution in [-0.4, -0.2) is 10.9 Å². The number of nitrogens with zero attached hydrogens (tertiary/aromatic N) is 2. The molecule has 3 rings (SSSR count). The minimum absolute atomic E-state index is 0.222. The van der Waals surface area contributed by atoms with Crippen LogP contribution in [0.4, 0.5) is 5.69 Å². The van der Waals surface area contributed by atoms with Crippen LogP contribution >= 0.6 is 0 Å². The van der Waals surface area contributed by atoms with Gasteiger partial charge in [0.05, 0.1) is 22.8 Å². The van der Waals surface area contributed by atoms with Crippen LogP contribution < -0.4 is 5.32 Å². The highest BCUT2D eigenvalue weighted by Gasteiger charge is 2.09. The number of hydrogen-bond acceptors (Lipinski definition) is 3. The first-order valence-corrected chi connectivity index (χ1v) is 6.85. The van der Waals surface area contributed by atoms with Crippen molar-refractivity contribution in [3.8, 4) is 6.07 Å². The van der Waals surface area contributed by atoms with Gasteiger partial charge in [-0.2, -0.15) is 5.26 Å². The molecule has 1 amide bonds. The molecular formula is C18H13N3O. The van der Waals surface area contributed by atoms with Crippen molar-refractivity contribution >= 4 is 22.5 Å². The molecule has 2 aromatic carbocycles. The Hall–Kier alpha value is -3.19. The van der Waals surface area contributed by atoms with E-state index in [9.17, 15) is 4.79 Å². The van der Waals surface area contributed by atoms with Gasteiger partial charge < -0.3 is 5.32 Å². The molecule has 0 radical (unpaired) electrons. The van der Waals surface area contributed by atoms with Crippen LogP contribution in [0.15, 0.2) is 54.6 Å². The van der Waals surface area contributed by atoms with Gasteiger partial charge in [-0.1, -0.05) is 18.2 Å². The summed E-state index contributed by atoms with van der Waals surface area (Å²) in [5.41, 5.74) is 3.37. The number of para-hydroxylation sites is 1. The first-order valence-electron chi connectivity index (χ1n) is 6.85. The van der Waals surface area contributed by atoms with E-state index in [1.165, 1.54) is 0 Å². The third kappa shape index (κ3) is 2.65. The van der Waals surface area contributed by atoms with Gasteiger partial charge in [0, 0.05) is 16.6 Å². The third-order valence-electron chi connectivity index (χ3n) is 3.38. The number of fused-ring (bicyclic) bond motifs is 1. The first-order chi connectivity index (χ1) is 10.7. The minimum atomic E-state index is -0.222. The van der Waals surface area contributed by atoms with Gasteiger partial charge in [0.15, 0.2) is 0 Å². The summed E-state index contributed by atoms with van der Waals surface area (Å²) in [6, 6.07) is 18.1. The van der Waals surface area contributed by atoms with Crippen molar-refractivity contribution in [2.75, 3.05) is 5.32 Å². The summed E-state index contributed by atoms with van der Waals surface area (Å²) < 4.78 is 0. The summed E-state index contributed by atoms with van der Waals surface area (Å²) in [7, 11) is 0. The molecule has 0 aliphatic heterocycles. The van der Waals surface area contributed by atoms with Gasteiger partial charge in [-0.3, -0.25) is 9.78 Å². The highest BCUT2D eigenvalue weighted by Crippen LogP contribution is 2.22. The van der Waals surface area contributed by atoms with Crippen LogP contribution in [0.5, 0.6) is 0 Å². The number of hydrogen-bond donors (Lipinski definition) is 1. The van der Waals surface area contributed by atoms with Gasteiger partial charge in [0.1, 0.15) is 0 Å². The van der Waals surface area contributed by atoms with Crippen LogP contribution in [0, 0.1) is 18.3 Å². The molecular weight excluding hydrogens is 274 g/mol. The molecule has 1 heterocycles. The molecule has 22 heavy (non-hydrogen) atoms. The summed E-state index contributed by atoms with van der Waals surface area (Å²) in [4.78, 5) is 16.8. The molecule has 0 saturated heterocycles.